The van der Waals surface area contributed by atoms with E-state index < -0.39 is 16.1 Å². The predicted octanol–water partition coefficient (Wildman–Crippen LogP) is 0.709. The first kappa shape index (κ1) is 15.2. The van der Waals surface area contributed by atoms with E-state index in [2.05, 4.69) is 4.98 Å². The molecule has 0 spiro atoms. The third-order valence-corrected chi connectivity index (χ3v) is 4.54. The number of nitrogen functional groups attached to an aromatic ring is 1. The van der Waals surface area contributed by atoms with E-state index in [1.807, 2.05) is 0 Å². The Bertz CT molecular complexity index is 519. The molecular weight excluding hydrogens is 278 g/mol. The maximum absolute atomic E-state index is 12.1. The molecule has 0 aliphatic rings. The zero-order valence-corrected chi connectivity index (χ0v) is 11.7. The third-order valence-electron chi connectivity index (χ3n) is 2.41. The molecule has 0 saturated heterocycles. The summed E-state index contributed by atoms with van der Waals surface area (Å²) in [7, 11) is -2.22. The molecule has 0 bridgehead atoms. The number of halogens is 1. The molecule has 1 aromatic rings. The highest BCUT2D eigenvalue weighted by molar-refractivity contribution is 7.89. The smallest absolute Gasteiger partial charge is 0.244 e. The number of pyridine rings is 1. The zero-order valence-electron chi connectivity index (χ0n) is 10.2. The summed E-state index contributed by atoms with van der Waals surface area (Å²) in [5.41, 5.74) is 5.42. The number of aliphatic hydroxyl groups is 1. The number of aromatic nitrogens is 1. The van der Waals surface area contributed by atoms with Crippen LogP contribution in [-0.4, -0.2) is 42.5 Å². The molecule has 0 radical (unpaired) electrons. The van der Waals surface area contributed by atoms with Gasteiger partial charge in [0, 0.05) is 19.8 Å². The average molecular weight is 294 g/mol. The van der Waals surface area contributed by atoms with E-state index in [0.717, 1.165) is 10.5 Å². The summed E-state index contributed by atoms with van der Waals surface area (Å²) >= 11 is 5.74. The highest BCUT2D eigenvalue weighted by Crippen LogP contribution is 2.22. The normalized spacial score (nSPS) is 13.8. The van der Waals surface area contributed by atoms with Gasteiger partial charge in [-0.1, -0.05) is 11.6 Å². The number of nitrogens with zero attached hydrogens (tertiary/aromatic N) is 2. The Hall–Kier alpha value is -0.890. The highest BCUT2D eigenvalue weighted by atomic mass is 35.5. The SMILES string of the molecule is CC(O)CCN(C)S(=O)(=O)c1cnc(N)c(Cl)c1. The molecule has 1 atom stereocenters. The fraction of sp³-hybridized carbons (Fsp3) is 0.500. The van der Waals surface area contributed by atoms with Crippen molar-refractivity contribution >= 4 is 27.4 Å². The van der Waals surface area contributed by atoms with Crippen molar-refractivity contribution in [2.24, 2.45) is 0 Å². The van der Waals surface area contributed by atoms with Crippen LogP contribution < -0.4 is 5.73 Å². The lowest BCUT2D eigenvalue weighted by Crippen LogP contribution is -2.29. The number of rotatable bonds is 5. The summed E-state index contributed by atoms with van der Waals surface area (Å²) in [5.74, 6) is 0.0854. The molecule has 0 aromatic carbocycles. The van der Waals surface area contributed by atoms with E-state index >= 15 is 0 Å². The van der Waals surface area contributed by atoms with Gasteiger partial charge in [0.25, 0.3) is 0 Å². The molecule has 1 aromatic heterocycles. The van der Waals surface area contributed by atoms with Crippen LogP contribution >= 0.6 is 11.6 Å². The summed E-state index contributed by atoms with van der Waals surface area (Å²) in [6.45, 7) is 1.81. The molecule has 102 valence electrons. The van der Waals surface area contributed by atoms with Crippen LogP contribution in [-0.2, 0) is 10.0 Å². The van der Waals surface area contributed by atoms with Gasteiger partial charge in [0.2, 0.25) is 10.0 Å². The van der Waals surface area contributed by atoms with Crippen molar-refractivity contribution in [3.8, 4) is 0 Å². The second-order valence-corrected chi connectivity index (χ2v) is 6.45. The molecule has 0 fully saturated rings. The van der Waals surface area contributed by atoms with E-state index in [9.17, 15) is 8.42 Å². The van der Waals surface area contributed by atoms with Gasteiger partial charge in [-0.25, -0.2) is 17.7 Å². The van der Waals surface area contributed by atoms with Crippen molar-refractivity contribution in [2.45, 2.75) is 24.3 Å². The minimum atomic E-state index is -3.65. The number of hydrogen-bond acceptors (Lipinski definition) is 5. The first-order valence-electron chi connectivity index (χ1n) is 5.30. The molecule has 0 aliphatic carbocycles. The third kappa shape index (κ3) is 3.55. The monoisotopic (exact) mass is 293 g/mol. The van der Waals surface area contributed by atoms with E-state index in [4.69, 9.17) is 22.4 Å². The fourth-order valence-corrected chi connectivity index (χ4v) is 2.63. The Morgan fingerprint density at radius 3 is 2.72 bits per heavy atom. The molecule has 1 heterocycles. The number of aliphatic hydroxyl groups excluding tert-OH is 1. The number of hydrogen-bond donors (Lipinski definition) is 2. The van der Waals surface area contributed by atoms with Gasteiger partial charge in [-0.2, -0.15) is 0 Å². The number of anilines is 1. The van der Waals surface area contributed by atoms with Crippen LogP contribution in [0.4, 0.5) is 5.82 Å². The average Bonchev–Trinajstić information content (AvgIpc) is 2.29. The summed E-state index contributed by atoms with van der Waals surface area (Å²) in [4.78, 5) is 3.69. The second kappa shape index (κ2) is 5.83. The second-order valence-electron chi connectivity index (χ2n) is 4.00. The highest BCUT2D eigenvalue weighted by Gasteiger charge is 2.22. The molecule has 3 N–H and O–H groups in total. The minimum absolute atomic E-state index is 0.0187. The largest absolute Gasteiger partial charge is 0.393 e. The lowest BCUT2D eigenvalue weighted by molar-refractivity contribution is 0.177. The van der Waals surface area contributed by atoms with Gasteiger partial charge in [0.1, 0.15) is 10.7 Å². The van der Waals surface area contributed by atoms with Crippen molar-refractivity contribution in [1.82, 2.24) is 9.29 Å². The molecule has 1 unspecified atom stereocenters. The Kier molecular flexibility index (Phi) is 4.92. The van der Waals surface area contributed by atoms with Crippen LogP contribution in [0.2, 0.25) is 5.02 Å². The summed E-state index contributed by atoms with van der Waals surface area (Å²) in [5, 5.41) is 9.24. The molecule has 6 nitrogen and oxygen atoms in total. The molecule has 18 heavy (non-hydrogen) atoms. The van der Waals surface area contributed by atoms with Gasteiger partial charge in [-0.15, -0.1) is 0 Å². The molecule has 0 amide bonds. The lowest BCUT2D eigenvalue weighted by atomic mass is 10.3. The summed E-state index contributed by atoms with van der Waals surface area (Å²) in [6, 6.07) is 1.26. The fourth-order valence-electron chi connectivity index (χ4n) is 1.24. The van der Waals surface area contributed by atoms with E-state index in [0.29, 0.717) is 6.42 Å². The minimum Gasteiger partial charge on any atom is -0.393 e. The Labute approximate surface area is 111 Å². The van der Waals surface area contributed by atoms with Crippen molar-refractivity contribution in [3.63, 3.8) is 0 Å². The Morgan fingerprint density at radius 1 is 1.61 bits per heavy atom. The first-order chi connectivity index (χ1) is 8.25. The molecule has 1 rings (SSSR count). The van der Waals surface area contributed by atoms with Crippen LogP contribution in [0.1, 0.15) is 13.3 Å². The van der Waals surface area contributed by atoms with Gasteiger partial charge in [-0.3, -0.25) is 0 Å². The molecule has 0 saturated carbocycles. The zero-order chi connectivity index (χ0) is 13.9. The van der Waals surface area contributed by atoms with Crippen LogP contribution in [0.5, 0.6) is 0 Å². The van der Waals surface area contributed by atoms with Crippen LogP contribution in [0.25, 0.3) is 0 Å². The van der Waals surface area contributed by atoms with E-state index in [1.165, 1.54) is 13.1 Å². The van der Waals surface area contributed by atoms with E-state index in [1.54, 1.807) is 6.92 Å². The van der Waals surface area contributed by atoms with E-state index in [-0.39, 0.29) is 22.3 Å². The standard InChI is InChI=1S/C10H16ClN3O3S/c1-7(15)3-4-14(2)18(16,17)8-5-9(11)10(12)13-6-8/h5-7,15H,3-4H2,1-2H3,(H2,12,13). The van der Waals surface area contributed by atoms with Gasteiger partial charge in [0.05, 0.1) is 11.1 Å². The molecule has 0 aliphatic heterocycles. The van der Waals surface area contributed by atoms with Crippen molar-refractivity contribution < 1.29 is 13.5 Å². The maximum Gasteiger partial charge on any atom is 0.244 e. The predicted molar refractivity (Wildman–Crippen MR) is 69.8 cm³/mol. The van der Waals surface area contributed by atoms with Crippen molar-refractivity contribution in [2.75, 3.05) is 19.3 Å². The van der Waals surface area contributed by atoms with Gasteiger partial charge in [0.15, 0.2) is 0 Å². The van der Waals surface area contributed by atoms with Crippen LogP contribution in [0.15, 0.2) is 17.2 Å². The summed E-state index contributed by atoms with van der Waals surface area (Å²) < 4.78 is 25.4. The lowest BCUT2D eigenvalue weighted by Gasteiger charge is -2.17. The Morgan fingerprint density at radius 2 is 2.22 bits per heavy atom. The number of sulfonamides is 1. The molecule has 8 heteroatoms. The van der Waals surface area contributed by atoms with Crippen molar-refractivity contribution in [1.29, 1.82) is 0 Å². The van der Waals surface area contributed by atoms with Gasteiger partial charge >= 0.3 is 0 Å². The number of nitrogens with two attached hydrogens (primary N) is 1. The van der Waals surface area contributed by atoms with Crippen LogP contribution in [0.3, 0.4) is 0 Å². The molecular formula is C10H16ClN3O3S. The van der Waals surface area contributed by atoms with Gasteiger partial charge in [-0.05, 0) is 19.4 Å². The Balaban J connectivity index is 2.95. The van der Waals surface area contributed by atoms with Crippen LogP contribution in [0, 0.1) is 0 Å². The quantitative estimate of drug-likeness (QED) is 0.833. The van der Waals surface area contributed by atoms with Crippen molar-refractivity contribution in [3.05, 3.63) is 17.3 Å². The summed E-state index contributed by atoms with van der Waals surface area (Å²) in [6.07, 6.45) is 0.956. The first-order valence-corrected chi connectivity index (χ1v) is 7.12. The topological polar surface area (TPSA) is 96.5 Å². The van der Waals surface area contributed by atoms with Gasteiger partial charge < -0.3 is 10.8 Å². The maximum atomic E-state index is 12.1.